The Labute approximate surface area is 168 Å². The molecule has 1 aliphatic rings. The Morgan fingerprint density at radius 2 is 1.83 bits per heavy atom. The second kappa shape index (κ2) is 7.58. The third-order valence-corrected chi connectivity index (χ3v) is 5.39. The van der Waals surface area contributed by atoms with E-state index in [1.807, 2.05) is 36.1 Å². The molecule has 0 saturated carbocycles. The predicted octanol–water partition coefficient (Wildman–Crippen LogP) is 3.54. The van der Waals surface area contributed by atoms with Crippen LogP contribution in [-0.2, 0) is 4.79 Å². The second-order valence-electron chi connectivity index (χ2n) is 7.33. The van der Waals surface area contributed by atoms with Gasteiger partial charge < -0.3 is 20.1 Å². The summed E-state index contributed by atoms with van der Waals surface area (Å²) in [6, 6.07) is 12.2. The molecule has 0 atom stereocenters. The molecule has 0 radical (unpaired) electrons. The zero-order chi connectivity index (χ0) is 20.5. The van der Waals surface area contributed by atoms with Crippen molar-refractivity contribution in [1.29, 1.82) is 0 Å². The smallest absolute Gasteiger partial charge is 0.272 e. The maximum absolute atomic E-state index is 14.0. The van der Waals surface area contributed by atoms with Crippen molar-refractivity contribution in [2.75, 3.05) is 36.4 Å². The summed E-state index contributed by atoms with van der Waals surface area (Å²) < 4.78 is 14.0. The van der Waals surface area contributed by atoms with Gasteiger partial charge in [-0.25, -0.2) is 4.39 Å². The number of hydrogen-bond acceptors (Lipinski definition) is 3. The summed E-state index contributed by atoms with van der Waals surface area (Å²) in [5.41, 5.74) is 3.48. The molecule has 1 aromatic heterocycles. The second-order valence-corrected chi connectivity index (χ2v) is 7.33. The van der Waals surface area contributed by atoms with E-state index < -0.39 is 0 Å². The van der Waals surface area contributed by atoms with Crippen LogP contribution in [0.1, 0.15) is 23.0 Å². The van der Waals surface area contributed by atoms with Gasteiger partial charge in [0, 0.05) is 49.9 Å². The van der Waals surface area contributed by atoms with Gasteiger partial charge in [-0.05, 0) is 42.8 Å². The van der Waals surface area contributed by atoms with Gasteiger partial charge in [-0.1, -0.05) is 12.1 Å². The molecule has 1 saturated heterocycles. The number of nitrogens with zero attached hydrogens (tertiary/aromatic N) is 2. The van der Waals surface area contributed by atoms with E-state index in [1.165, 1.54) is 12.1 Å². The largest absolute Gasteiger partial charge is 0.368 e. The number of fused-ring (bicyclic) bond motifs is 1. The highest BCUT2D eigenvalue weighted by Crippen LogP contribution is 2.24. The van der Waals surface area contributed by atoms with Crippen LogP contribution in [0.3, 0.4) is 0 Å². The minimum atomic E-state index is -0.354. The number of benzene rings is 2. The Balaban J connectivity index is 1.50. The Hall–Kier alpha value is -3.35. The van der Waals surface area contributed by atoms with Gasteiger partial charge in [0.1, 0.15) is 11.5 Å². The highest BCUT2D eigenvalue weighted by molar-refractivity contribution is 6.06. The average Bonchev–Trinajstić information content (AvgIpc) is 3.18. The molecule has 2 amide bonds. The van der Waals surface area contributed by atoms with E-state index in [-0.39, 0.29) is 17.6 Å². The third kappa shape index (κ3) is 3.81. The molecule has 7 heteroatoms. The monoisotopic (exact) mass is 394 g/mol. The topological polar surface area (TPSA) is 68.4 Å². The number of hydrogen-bond donors (Lipinski definition) is 2. The van der Waals surface area contributed by atoms with Crippen molar-refractivity contribution in [2.24, 2.45) is 0 Å². The van der Waals surface area contributed by atoms with Gasteiger partial charge >= 0.3 is 0 Å². The molecule has 29 heavy (non-hydrogen) atoms. The number of aromatic nitrogens is 1. The van der Waals surface area contributed by atoms with Crippen molar-refractivity contribution in [3.8, 4) is 0 Å². The standard InChI is InChI=1S/C22H23FN4O2/c1-14-6-7-19(23)18-13-20(25-21(14)18)22(29)24-16-4-3-5-17(12-16)27-10-8-26(9-11-27)15(2)28/h3-7,12-13,25H,8-11H2,1-2H3,(H,24,29). The summed E-state index contributed by atoms with van der Waals surface area (Å²) in [6.45, 7) is 6.32. The molecule has 0 spiro atoms. The summed E-state index contributed by atoms with van der Waals surface area (Å²) in [5, 5.41) is 3.29. The van der Waals surface area contributed by atoms with Crippen molar-refractivity contribution in [1.82, 2.24) is 9.88 Å². The average molecular weight is 394 g/mol. The number of anilines is 2. The molecule has 0 aliphatic carbocycles. The molecule has 6 nitrogen and oxygen atoms in total. The quantitative estimate of drug-likeness (QED) is 0.714. The summed E-state index contributed by atoms with van der Waals surface area (Å²) in [6.07, 6.45) is 0. The van der Waals surface area contributed by atoms with E-state index in [4.69, 9.17) is 0 Å². The van der Waals surface area contributed by atoms with Crippen LogP contribution in [-0.4, -0.2) is 47.9 Å². The van der Waals surface area contributed by atoms with Gasteiger partial charge in [0.2, 0.25) is 5.91 Å². The summed E-state index contributed by atoms with van der Waals surface area (Å²) >= 11 is 0. The SMILES string of the molecule is CC(=O)N1CCN(c2cccc(NC(=O)c3cc4c(F)ccc(C)c4[nH]3)c2)CC1. The van der Waals surface area contributed by atoms with Gasteiger partial charge in [0.25, 0.3) is 5.91 Å². The fourth-order valence-electron chi connectivity index (χ4n) is 3.71. The van der Waals surface area contributed by atoms with E-state index in [9.17, 15) is 14.0 Å². The molecule has 150 valence electrons. The number of amides is 2. The van der Waals surface area contributed by atoms with Crippen LogP contribution in [0.2, 0.25) is 0 Å². The van der Waals surface area contributed by atoms with Crippen molar-refractivity contribution in [2.45, 2.75) is 13.8 Å². The maximum Gasteiger partial charge on any atom is 0.272 e. The van der Waals surface area contributed by atoms with E-state index in [1.54, 1.807) is 13.0 Å². The van der Waals surface area contributed by atoms with Crippen molar-refractivity contribution < 1.29 is 14.0 Å². The van der Waals surface area contributed by atoms with Crippen LogP contribution >= 0.6 is 0 Å². The fraction of sp³-hybridized carbons (Fsp3) is 0.273. The Morgan fingerprint density at radius 1 is 1.07 bits per heavy atom. The molecule has 4 rings (SSSR count). The zero-order valence-corrected chi connectivity index (χ0v) is 16.5. The Morgan fingerprint density at radius 3 is 2.52 bits per heavy atom. The molecule has 2 heterocycles. The van der Waals surface area contributed by atoms with Crippen LogP contribution in [0, 0.1) is 12.7 Å². The first-order valence-corrected chi connectivity index (χ1v) is 9.62. The molecular formula is C22H23FN4O2. The minimum Gasteiger partial charge on any atom is -0.368 e. The maximum atomic E-state index is 14.0. The van der Waals surface area contributed by atoms with Gasteiger partial charge in [-0.3, -0.25) is 9.59 Å². The summed E-state index contributed by atoms with van der Waals surface area (Å²) in [7, 11) is 0. The van der Waals surface area contributed by atoms with Crippen LogP contribution in [0.25, 0.3) is 10.9 Å². The lowest BCUT2D eigenvalue weighted by Crippen LogP contribution is -2.48. The third-order valence-electron chi connectivity index (χ3n) is 5.39. The summed E-state index contributed by atoms with van der Waals surface area (Å²) in [4.78, 5) is 31.2. The van der Waals surface area contributed by atoms with Crippen LogP contribution in [0.5, 0.6) is 0 Å². The highest BCUT2D eigenvalue weighted by atomic mass is 19.1. The Bertz CT molecular complexity index is 1040. The number of carbonyl (C=O) groups excluding carboxylic acids is 2. The van der Waals surface area contributed by atoms with Crippen LogP contribution in [0.4, 0.5) is 15.8 Å². The first-order valence-electron chi connectivity index (χ1n) is 9.62. The lowest BCUT2D eigenvalue weighted by molar-refractivity contribution is -0.129. The van der Waals surface area contributed by atoms with Gasteiger partial charge in [-0.15, -0.1) is 0 Å². The molecular weight excluding hydrogens is 371 g/mol. The predicted molar refractivity (Wildman–Crippen MR) is 112 cm³/mol. The van der Waals surface area contributed by atoms with Crippen molar-refractivity contribution in [3.05, 3.63) is 59.5 Å². The lowest BCUT2D eigenvalue weighted by Gasteiger charge is -2.35. The van der Waals surface area contributed by atoms with Gasteiger partial charge in [-0.2, -0.15) is 0 Å². The van der Waals surface area contributed by atoms with Crippen LogP contribution in [0.15, 0.2) is 42.5 Å². The number of aryl methyl sites for hydroxylation is 1. The van der Waals surface area contributed by atoms with Crippen molar-refractivity contribution in [3.63, 3.8) is 0 Å². The number of carbonyl (C=O) groups is 2. The molecule has 2 aromatic carbocycles. The molecule has 0 unspecified atom stereocenters. The molecule has 3 aromatic rings. The zero-order valence-electron chi connectivity index (χ0n) is 16.5. The lowest BCUT2D eigenvalue weighted by atomic mass is 10.1. The fourth-order valence-corrected chi connectivity index (χ4v) is 3.71. The molecule has 1 fully saturated rings. The number of halogens is 1. The first kappa shape index (κ1) is 19.0. The van der Waals surface area contributed by atoms with Gasteiger partial charge in [0.05, 0.1) is 5.52 Å². The number of piperazine rings is 1. The number of rotatable bonds is 3. The highest BCUT2D eigenvalue weighted by Gasteiger charge is 2.19. The molecule has 2 N–H and O–H groups in total. The van der Waals surface area contributed by atoms with Gasteiger partial charge in [0.15, 0.2) is 0 Å². The van der Waals surface area contributed by atoms with E-state index in [2.05, 4.69) is 15.2 Å². The van der Waals surface area contributed by atoms with Crippen molar-refractivity contribution >= 4 is 34.1 Å². The Kier molecular flexibility index (Phi) is 4.96. The molecule has 0 bridgehead atoms. The first-order chi connectivity index (χ1) is 13.9. The minimum absolute atomic E-state index is 0.0932. The van der Waals surface area contributed by atoms with E-state index >= 15 is 0 Å². The molecule has 1 aliphatic heterocycles. The normalized spacial score (nSPS) is 14.3. The number of H-pyrrole nitrogens is 1. The van der Waals surface area contributed by atoms with E-state index in [0.29, 0.717) is 35.4 Å². The summed E-state index contributed by atoms with van der Waals surface area (Å²) in [5.74, 6) is -0.582. The van der Waals surface area contributed by atoms with Crippen LogP contribution < -0.4 is 10.2 Å². The van der Waals surface area contributed by atoms with E-state index in [0.717, 1.165) is 24.3 Å². The number of aromatic amines is 1. The number of nitrogens with one attached hydrogen (secondary N) is 2.